The van der Waals surface area contributed by atoms with Crippen molar-refractivity contribution in [2.24, 2.45) is 5.10 Å². The first-order valence-electron chi connectivity index (χ1n) is 7.09. The molecule has 0 radical (unpaired) electrons. The lowest BCUT2D eigenvalue weighted by molar-refractivity contribution is 0.174. The topological polar surface area (TPSA) is 86.2 Å². The average Bonchev–Trinajstić information content (AvgIpc) is 3.01. The van der Waals surface area contributed by atoms with Gasteiger partial charge in [-0.05, 0) is 48.4 Å². The molecular formula is C16H16N2O5S. The molecule has 0 saturated heterocycles. The Morgan fingerprint density at radius 2 is 1.83 bits per heavy atom. The monoisotopic (exact) mass is 348 g/mol. The molecule has 0 saturated carbocycles. The minimum Gasteiger partial charge on any atom is -0.497 e. The molecule has 24 heavy (non-hydrogen) atoms. The summed E-state index contributed by atoms with van der Waals surface area (Å²) in [6.45, 7) is 1.77. The van der Waals surface area contributed by atoms with Crippen molar-refractivity contribution in [3.8, 4) is 17.2 Å². The summed E-state index contributed by atoms with van der Waals surface area (Å²) < 4.78 is 40.3. The molecular weight excluding hydrogens is 332 g/mol. The lowest BCUT2D eigenvalue weighted by atomic mass is 10.2. The van der Waals surface area contributed by atoms with Crippen LogP contribution in [0.2, 0.25) is 0 Å². The number of fused-ring (bicyclic) bond motifs is 1. The predicted octanol–water partition coefficient (Wildman–Crippen LogP) is 2.04. The van der Waals surface area contributed by atoms with Crippen LogP contribution in [0.3, 0.4) is 0 Å². The first-order chi connectivity index (χ1) is 11.5. The average molecular weight is 348 g/mol. The third kappa shape index (κ3) is 3.28. The molecule has 1 aliphatic heterocycles. The summed E-state index contributed by atoms with van der Waals surface area (Å²) in [6.07, 6.45) is 1.42. The molecule has 0 fully saturated rings. The Bertz CT molecular complexity index is 876. The summed E-state index contributed by atoms with van der Waals surface area (Å²) in [6, 6.07) is 10.1. The van der Waals surface area contributed by atoms with Gasteiger partial charge < -0.3 is 14.2 Å². The third-order valence-electron chi connectivity index (χ3n) is 3.46. The zero-order chi connectivity index (χ0) is 17.2. The molecule has 0 aliphatic carbocycles. The number of hydrazone groups is 1. The van der Waals surface area contributed by atoms with Gasteiger partial charge >= 0.3 is 0 Å². The Kier molecular flexibility index (Phi) is 4.30. The maximum Gasteiger partial charge on any atom is 0.276 e. The number of ether oxygens (including phenoxy) is 3. The number of hydrogen-bond acceptors (Lipinski definition) is 6. The normalized spacial score (nSPS) is 13.2. The first-order valence-corrected chi connectivity index (χ1v) is 8.57. The fraction of sp³-hybridized carbons (Fsp3) is 0.188. The van der Waals surface area contributed by atoms with Crippen LogP contribution in [0.5, 0.6) is 17.2 Å². The molecule has 126 valence electrons. The summed E-state index contributed by atoms with van der Waals surface area (Å²) in [5.74, 6) is 1.65. The van der Waals surface area contributed by atoms with Crippen LogP contribution >= 0.6 is 0 Å². The maximum atomic E-state index is 12.4. The highest BCUT2D eigenvalue weighted by atomic mass is 32.2. The van der Waals surface area contributed by atoms with Crippen LogP contribution in [-0.2, 0) is 10.0 Å². The highest BCUT2D eigenvalue weighted by Gasteiger charge is 2.22. The second kappa shape index (κ2) is 6.40. The zero-order valence-corrected chi connectivity index (χ0v) is 14.0. The van der Waals surface area contributed by atoms with Gasteiger partial charge in [0.25, 0.3) is 10.0 Å². The van der Waals surface area contributed by atoms with Crippen molar-refractivity contribution in [2.45, 2.75) is 11.8 Å². The molecule has 0 aromatic heterocycles. The van der Waals surface area contributed by atoms with Gasteiger partial charge in [0.2, 0.25) is 6.79 Å². The summed E-state index contributed by atoms with van der Waals surface area (Å²) in [5, 5.41) is 3.80. The number of sulfonamides is 1. The molecule has 2 aromatic carbocycles. The standard InChI is InChI=1S/C16H16N2O5S/c1-11-7-14-15(23-10-22-14)8-16(11)24(19,20)18-17-9-12-3-5-13(21-2)6-4-12/h3-9,18H,10H2,1-2H3/b17-9+. The number of methoxy groups -OCH3 is 1. The summed E-state index contributed by atoms with van der Waals surface area (Å²) in [5.41, 5.74) is 1.28. The number of nitrogens with zero attached hydrogens (tertiary/aromatic N) is 1. The van der Waals surface area contributed by atoms with Crippen LogP contribution < -0.4 is 19.0 Å². The second-order valence-corrected chi connectivity index (χ2v) is 6.73. The van der Waals surface area contributed by atoms with Crippen molar-refractivity contribution >= 4 is 16.2 Å². The van der Waals surface area contributed by atoms with Gasteiger partial charge in [-0.2, -0.15) is 13.5 Å². The summed E-state index contributed by atoms with van der Waals surface area (Å²) in [4.78, 5) is 2.29. The Labute approximate surface area is 139 Å². The van der Waals surface area contributed by atoms with Crippen LogP contribution in [0.25, 0.3) is 0 Å². The fourth-order valence-corrected chi connectivity index (χ4v) is 3.26. The second-order valence-electron chi connectivity index (χ2n) is 5.10. The first kappa shape index (κ1) is 16.1. The van der Waals surface area contributed by atoms with E-state index in [9.17, 15) is 8.42 Å². The minimum absolute atomic E-state index is 0.0846. The molecule has 0 spiro atoms. The van der Waals surface area contributed by atoms with Crippen molar-refractivity contribution in [1.29, 1.82) is 0 Å². The van der Waals surface area contributed by atoms with Crippen molar-refractivity contribution in [3.63, 3.8) is 0 Å². The van der Waals surface area contributed by atoms with Gasteiger partial charge in [0.15, 0.2) is 11.5 Å². The Morgan fingerprint density at radius 3 is 2.50 bits per heavy atom. The lowest BCUT2D eigenvalue weighted by Gasteiger charge is -2.08. The number of aryl methyl sites for hydroxylation is 1. The van der Waals surface area contributed by atoms with E-state index in [0.717, 1.165) is 5.56 Å². The number of benzene rings is 2. The summed E-state index contributed by atoms with van der Waals surface area (Å²) >= 11 is 0. The fourth-order valence-electron chi connectivity index (χ4n) is 2.22. The minimum atomic E-state index is -3.80. The van der Waals surface area contributed by atoms with Crippen LogP contribution in [0, 0.1) is 6.92 Å². The highest BCUT2D eigenvalue weighted by Crippen LogP contribution is 2.36. The Hall–Kier alpha value is -2.74. The van der Waals surface area contributed by atoms with Gasteiger partial charge in [-0.1, -0.05) is 0 Å². The SMILES string of the molecule is COc1ccc(/C=N/NS(=O)(=O)c2cc3c(cc2C)OCO3)cc1. The van der Waals surface area contributed by atoms with Gasteiger partial charge in [-0.15, -0.1) is 0 Å². The maximum absolute atomic E-state index is 12.4. The molecule has 0 atom stereocenters. The third-order valence-corrected chi connectivity index (χ3v) is 4.83. The lowest BCUT2D eigenvalue weighted by Crippen LogP contribution is -2.19. The van der Waals surface area contributed by atoms with E-state index >= 15 is 0 Å². The molecule has 0 amide bonds. The van der Waals surface area contributed by atoms with Gasteiger partial charge in [0.05, 0.1) is 18.2 Å². The van der Waals surface area contributed by atoms with Crippen molar-refractivity contribution in [1.82, 2.24) is 4.83 Å². The van der Waals surface area contributed by atoms with E-state index < -0.39 is 10.0 Å². The molecule has 0 unspecified atom stereocenters. The number of rotatable bonds is 5. The quantitative estimate of drug-likeness (QED) is 0.660. The molecule has 1 N–H and O–H groups in total. The molecule has 3 rings (SSSR count). The predicted molar refractivity (Wildman–Crippen MR) is 88.2 cm³/mol. The van der Waals surface area contributed by atoms with Crippen LogP contribution in [0.1, 0.15) is 11.1 Å². The molecule has 1 aliphatic rings. The van der Waals surface area contributed by atoms with E-state index in [1.165, 1.54) is 12.3 Å². The number of nitrogens with one attached hydrogen (secondary N) is 1. The van der Waals surface area contributed by atoms with Gasteiger partial charge in [0, 0.05) is 6.07 Å². The smallest absolute Gasteiger partial charge is 0.276 e. The van der Waals surface area contributed by atoms with Crippen molar-refractivity contribution < 1.29 is 22.6 Å². The largest absolute Gasteiger partial charge is 0.497 e. The van der Waals surface area contributed by atoms with Gasteiger partial charge in [-0.25, -0.2) is 4.83 Å². The van der Waals surface area contributed by atoms with Crippen molar-refractivity contribution in [2.75, 3.05) is 13.9 Å². The number of hydrogen-bond donors (Lipinski definition) is 1. The van der Waals surface area contributed by atoms with Crippen LogP contribution in [0.4, 0.5) is 0 Å². The van der Waals surface area contributed by atoms with Gasteiger partial charge in [0.1, 0.15) is 5.75 Å². The molecule has 8 heteroatoms. The molecule has 1 heterocycles. The van der Waals surface area contributed by atoms with E-state index in [-0.39, 0.29) is 11.7 Å². The summed E-state index contributed by atoms with van der Waals surface area (Å²) in [7, 11) is -2.23. The Morgan fingerprint density at radius 1 is 1.17 bits per heavy atom. The Balaban J connectivity index is 1.77. The highest BCUT2D eigenvalue weighted by molar-refractivity contribution is 7.89. The van der Waals surface area contributed by atoms with Gasteiger partial charge in [-0.3, -0.25) is 0 Å². The van der Waals surface area contributed by atoms with E-state index in [4.69, 9.17) is 14.2 Å². The molecule has 0 bridgehead atoms. The zero-order valence-electron chi connectivity index (χ0n) is 13.1. The van der Waals surface area contributed by atoms with E-state index in [2.05, 4.69) is 9.93 Å². The van der Waals surface area contributed by atoms with E-state index in [1.807, 2.05) is 0 Å². The van der Waals surface area contributed by atoms with Crippen LogP contribution in [-0.4, -0.2) is 28.5 Å². The van der Waals surface area contributed by atoms with E-state index in [0.29, 0.717) is 22.8 Å². The van der Waals surface area contributed by atoms with E-state index in [1.54, 1.807) is 44.4 Å². The molecule has 7 nitrogen and oxygen atoms in total. The van der Waals surface area contributed by atoms with Crippen LogP contribution in [0.15, 0.2) is 46.4 Å². The molecule has 2 aromatic rings. The van der Waals surface area contributed by atoms with Crippen molar-refractivity contribution in [3.05, 3.63) is 47.5 Å².